The number of hydrogen-bond donors (Lipinski definition) is 2. The van der Waals surface area contributed by atoms with E-state index in [2.05, 4.69) is 10.0 Å². The van der Waals surface area contributed by atoms with E-state index in [1.54, 1.807) is 0 Å². The molecule has 6 heteroatoms. The lowest BCUT2D eigenvalue weighted by Crippen LogP contribution is -2.02. The van der Waals surface area contributed by atoms with Crippen molar-refractivity contribution in [3.05, 3.63) is 34.2 Å². The number of rotatable bonds is 3. The van der Waals surface area contributed by atoms with Crippen molar-refractivity contribution in [3.63, 3.8) is 0 Å². The first-order chi connectivity index (χ1) is 6.66. The van der Waals surface area contributed by atoms with Gasteiger partial charge in [0.15, 0.2) is 17.3 Å². The molecule has 0 aromatic heterocycles. The molecule has 0 saturated heterocycles. The molecule has 0 aliphatic carbocycles. The summed E-state index contributed by atoms with van der Waals surface area (Å²) >= 11 is 0. The zero-order valence-electron chi connectivity index (χ0n) is 7.08. The standard InChI is InChI=1S/C8H7N3O3/c9-11-10-4-7(13)5-2-1-3-6(12)8(5)14/h1-3,12,14H,4H2. The Kier molecular flexibility index (Phi) is 2.93. The Morgan fingerprint density at radius 3 is 2.86 bits per heavy atom. The van der Waals surface area contributed by atoms with E-state index < -0.39 is 11.5 Å². The summed E-state index contributed by atoms with van der Waals surface area (Å²) in [7, 11) is 0. The van der Waals surface area contributed by atoms with E-state index in [1.165, 1.54) is 18.2 Å². The fraction of sp³-hybridized carbons (Fsp3) is 0.125. The first-order valence-corrected chi connectivity index (χ1v) is 3.72. The van der Waals surface area contributed by atoms with Crippen LogP contribution in [0.2, 0.25) is 0 Å². The van der Waals surface area contributed by atoms with Crippen molar-refractivity contribution in [1.29, 1.82) is 0 Å². The summed E-state index contributed by atoms with van der Waals surface area (Å²) in [4.78, 5) is 13.7. The van der Waals surface area contributed by atoms with E-state index in [4.69, 9.17) is 10.6 Å². The van der Waals surface area contributed by atoms with Crippen LogP contribution < -0.4 is 0 Å². The molecule has 72 valence electrons. The van der Waals surface area contributed by atoms with Crippen molar-refractivity contribution >= 4 is 5.78 Å². The van der Waals surface area contributed by atoms with Crippen LogP contribution in [0.5, 0.6) is 11.5 Å². The number of Topliss-reactive ketones (excluding diaryl/α,β-unsaturated/α-hetero) is 1. The molecule has 0 unspecified atom stereocenters. The SMILES string of the molecule is [N-]=[N+]=NCC(=O)c1cccc(O)c1O. The van der Waals surface area contributed by atoms with Crippen LogP contribution in [0.4, 0.5) is 0 Å². The summed E-state index contributed by atoms with van der Waals surface area (Å²) in [5.74, 6) is -1.42. The summed E-state index contributed by atoms with van der Waals surface area (Å²) < 4.78 is 0. The minimum Gasteiger partial charge on any atom is -0.504 e. The second-order valence-corrected chi connectivity index (χ2v) is 2.49. The topological polar surface area (TPSA) is 106 Å². The Bertz CT molecular complexity index is 410. The number of phenolic OH excluding ortho intramolecular Hbond substituents is 2. The van der Waals surface area contributed by atoms with Gasteiger partial charge in [-0.2, -0.15) is 0 Å². The van der Waals surface area contributed by atoms with Crippen LogP contribution in [0.15, 0.2) is 23.3 Å². The first kappa shape index (κ1) is 9.88. The van der Waals surface area contributed by atoms with Gasteiger partial charge in [0.25, 0.3) is 0 Å². The smallest absolute Gasteiger partial charge is 0.172 e. The minimum atomic E-state index is -0.545. The molecule has 0 amide bonds. The summed E-state index contributed by atoms with van der Waals surface area (Å²) in [6.07, 6.45) is 0. The van der Waals surface area contributed by atoms with Crippen LogP contribution in [-0.4, -0.2) is 22.5 Å². The molecule has 1 aromatic rings. The Morgan fingerprint density at radius 2 is 2.21 bits per heavy atom. The van der Waals surface area contributed by atoms with E-state index in [0.29, 0.717) is 0 Å². The molecule has 6 nitrogen and oxygen atoms in total. The number of nitrogens with zero attached hydrogens (tertiary/aromatic N) is 3. The molecular formula is C8H7N3O3. The maximum Gasteiger partial charge on any atom is 0.172 e. The molecule has 14 heavy (non-hydrogen) atoms. The second kappa shape index (κ2) is 4.15. The van der Waals surface area contributed by atoms with Crippen molar-refractivity contribution < 1.29 is 15.0 Å². The highest BCUT2D eigenvalue weighted by atomic mass is 16.3. The Balaban J connectivity index is 3.01. The fourth-order valence-electron chi connectivity index (χ4n) is 0.937. The van der Waals surface area contributed by atoms with E-state index in [0.717, 1.165) is 0 Å². The minimum absolute atomic E-state index is 0.0580. The number of benzene rings is 1. The van der Waals surface area contributed by atoms with Crippen LogP contribution in [0.25, 0.3) is 10.4 Å². The second-order valence-electron chi connectivity index (χ2n) is 2.49. The van der Waals surface area contributed by atoms with Crippen molar-refractivity contribution in [2.24, 2.45) is 5.11 Å². The van der Waals surface area contributed by atoms with Gasteiger partial charge in [-0.05, 0) is 17.7 Å². The molecule has 0 aliphatic heterocycles. The molecule has 0 radical (unpaired) electrons. The lowest BCUT2D eigenvalue weighted by atomic mass is 10.1. The van der Waals surface area contributed by atoms with Gasteiger partial charge in [-0.3, -0.25) is 4.79 Å². The maximum atomic E-state index is 11.2. The molecule has 0 fully saturated rings. The molecule has 0 atom stereocenters. The molecule has 1 rings (SSSR count). The molecule has 2 N–H and O–H groups in total. The van der Waals surface area contributed by atoms with E-state index in [-0.39, 0.29) is 17.9 Å². The summed E-state index contributed by atoms with van der Waals surface area (Å²) in [5, 5.41) is 21.4. The highest BCUT2D eigenvalue weighted by Crippen LogP contribution is 2.28. The Labute approximate surface area is 79.0 Å². The third-order valence-corrected chi connectivity index (χ3v) is 1.59. The van der Waals surface area contributed by atoms with Crippen molar-refractivity contribution in [3.8, 4) is 11.5 Å². The predicted molar refractivity (Wildman–Crippen MR) is 48.1 cm³/mol. The van der Waals surface area contributed by atoms with Crippen LogP contribution in [0.1, 0.15) is 10.4 Å². The van der Waals surface area contributed by atoms with Gasteiger partial charge in [-0.1, -0.05) is 11.2 Å². The van der Waals surface area contributed by atoms with E-state index in [1.807, 2.05) is 0 Å². The van der Waals surface area contributed by atoms with Crippen molar-refractivity contribution in [2.45, 2.75) is 0 Å². The lowest BCUT2D eigenvalue weighted by Gasteiger charge is -2.02. The molecule has 0 aliphatic rings. The van der Waals surface area contributed by atoms with Gasteiger partial charge in [0.05, 0.1) is 12.1 Å². The number of hydrogen-bond acceptors (Lipinski definition) is 4. The van der Waals surface area contributed by atoms with Gasteiger partial charge in [-0.25, -0.2) is 0 Å². The van der Waals surface area contributed by atoms with Crippen LogP contribution in [-0.2, 0) is 0 Å². The monoisotopic (exact) mass is 193 g/mol. The van der Waals surface area contributed by atoms with Gasteiger partial charge in [0, 0.05) is 4.91 Å². The molecule has 0 bridgehead atoms. The molecule has 1 aromatic carbocycles. The Morgan fingerprint density at radius 1 is 1.50 bits per heavy atom. The highest BCUT2D eigenvalue weighted by Gasteiger charge is 2.12. The van der Waals surface area contributed by atoms with Crippen molar-refractivity contribution in [1.82, 2.24) is 0 Å². The summed E-state index contributed by atoms with van der Waals surface area (Å²) in [6.45, 7) is -0.381. The van der Waals surface area contributed by atoms with Gasteiger partial charge in [-0.15, -0.1) is 0 Å². The normalized spacial score (nSPS) is 9.14. The number of carbonyl (C=O) groups is 1. The number of carbonyl (C=O) groups excluding carboxylic acids is 1. The first-order valence-electron chi connectivity index (χ1n) is 3.72. The van der Waals surface area contributed by atoms with E-state index in [9.17, 15) is 9.90 Å². The Hall–Kier alpha value is -2.20. The highest BCUT2D eigenvalue weighted by molar-refractivity contribution is 6.00. The average Bonchev–Trinajstić information content (AvgIpc) is 2.18. The molecule has 0 saturated carbocycles. The number of azide groups is 1. The van der Waals surface area contributed by atoms with Crippen molar-refractivity contribution in [2.75, 3.05) is 6.54 Å². The van der Waals surface area contributed by atoms with Crippen LogP contribution >= 0.6 is 0 Å². The van der Waals surface area contributed by atoms with Crippen LogP contribution in [0.3, 0.4) is 0 Å². The largest absolute Gasteiger partial charge is 0.504 e. The number of ketones is 1. The average molecular weight is 193 g/mol. The molecule has 0 heterocycles. The van der Waals surface area contributed by atoms with E-state index >= 15 is 0 Å². The number of para-hydroxylation sites is 1. The molecular weight excluding hydrogens is 186 g/mol. The summed E-state index contributed by atoms with van der Waals surface area (Å²) in [6, 6.07) is 4.00. The van der Waals surface area contributed by atoms with Gasteiger partial charge < -0.3 is 10.2 Å². The predicted octanol–water partition coefficient (Wildman–Crippen LogP) is 1.59. The van der Waals surface area contributed by atoms with Crippen LogP contribution in [0, 0.1) is 0 Å². The van der Waals surface area contributed by atoms with Gasteiger partial charge >= 0.3 is 0 Å². The zero-order chi connectivity index (χ0) is 10.6. The maximum absolute atomic E-state index is 11.2. The van der Waals surface area contributed by atoms with Gasteiger partial charge in [0.2, 0.25) is 0 Å². The number of aromatic hydroxyl groups is 2. The third-order valence-electron chi connectivity index (χ3n) is 1.59. The third kappa shape index (κ3) is 1.94. The zero-order valence-corrected chi connectivity index (χ0v) is 7.08. The van der Waals surface area contributed by atoms with Gasteiger partial charge in [0.1, 0.15) is 0 Å². The number of phenols is 2. The fourth-order valence-corrected chi connectivity index (χ4v) is 0.937. The quantitative estimate of drug-likeness (QED) is 0.250. The molecule has 0 spiro atoms. The lowest BCUT2D eigenvalue weighted by molar-refractivity contribution is 0.0998. The summed E-state index contributed by atoms with van der Waals surface area (Å²) in [5.41, 5.74) is 7.92.